The third-order valence-electron chi connectivity index (χ3n) is 5.30. The van der Waals surface area contributed by atoms with Crippen molar-refractivity contribution in [3.8, 4) is 0 Å². The molecule has 0 radical (unpaired) electrons. The molecule has 0 aromatic carbocycles. The van der Waals surface area contributed by atoms with Gasteiger partial charge >= 0.3 is 0 Å². The van der Waals surface area contributed by atoms with Crippen LogP contribution in [0.1, 0.15) is 39.4 Å². The van der Waals surface area contributed by atoms with E-state index >= 15 is 0 Å². The topological polar surface area (TPSA) is 62.2 Å². The molecule has 28 heavy (non-hydrogen) atoms. The molecule has 0 N–H and O–H groups in total. The van der Waals surface area contributed by atoms with Gasteiger partial charge in [0.25, 0.3) is 5.91 Å². The molecule has 1 fully saturated rings. The summed E-state index contributed by atoms with van der Waals surface area (Å²) in [5.74, 6) is 0.962. The SMILES string of the molecule is CCc1nc(C)c2c(C)c(C(=O)N3CCN(Cc4ccccn4)CC3)sc2n1. The lowest BCUT2D eigenvalue weighted by molar-refractivity contribution is 0.0631. The number of pyridine rings is 1. The van der Waals surface area contributed by atoms with E-state index in [-0.39, 0.29) is 5.91 Å². The molecular formula is C21H25N5OS. The summed E-state index contributed by atoms with van der Waals surface area (Å²) in [5, 5.41) is 1.04. The monoisotopic (exact) mass is 395 g/mol. The van der Waals surface area contributed by atoms with Crippen molar-refractivity contribution in [2.45, 2.75) is 33.7 Å². The Balaban J connectivity index is 1.48. The van der Waals surface area contributed by atoms with Crippen LogP contribution in [0.15, 0.2) is 24.4 Å². The summed E-state index contributed by atoms with van der Waals surface area (Å²) in [6.07, 6.45) is 2.63. The van der Waals surface area contributed by atoms with Crippen LogP contribution in [0, 0.1) is 13.8 Å². The lowest BCUT2D eigenvalue weighted by Gasteiger charge is -2.34. The van der Waals surface area contributed by atoms with Crippen LogP contribution in [0.2, 0.25) is 0 Å². The second kappa shape index (κ2) is 7.93. The molecule has 146 valence electrons. The molecular weight excluding hydrogens is 370 g/mol. The summed E-state index contributed by atoms with van der Waals surface area (Å²) in [7, 11) is 0. The largest absolute Gasteiger partial charge is 0.335 e. The van der Waals surface area contributed by atoms with Crippen molar-refractivity contribution in [3.05, 3.63) is 52.0 Å². The Morgan fingerprint density at radius 2 is 1.93 bits per heavy atom. The third-order valence-corrected chi connectivity index (χ3v) is 6.47. The van der Waals surface area contributed by atoms with E-state index in [2.05, 4.69) is 26.8 Å². The summed E-state index contributed by atoms with van der Waals surface area (Å²) in [6.45, 7) is 10.1. The van der Waals surface area contributed by atoms with Crippen molar-refractivity contribution in [2.24, 2.45) is 0 Å². The molecule has 0 saturated carbocycles. The molecule has 0 spiro atoms. The fourth-order valence-electron chi connectivity index (χ4n) is 3.73. The fraction of sp³-hybridized carbons (Fsp3) is 0.429. The number of piperazine rings is 1. The average Bonchev–Trinajstić information content (AvgIpc) is 3.05. The Bertz CT molecular complexity index is 993. The van der Waals surface area contributed by atoms with Crippen LogP contribution in [0.3, 0.4) is 0 Å². The number of fused-ring (bicyclic) bond motifs is 1. The van der Waals surface area contributed by atoms with Crippen LogP contribution in [-0.4, -0.2) is 56.8 Å². The van der Waals surface area contributed by atoms with Crippen molar-refractivity contribution in [1.82, 2.24) is 24.8 Å². The number of carbonyl (C=O) groups is 1. The molecule has 3 aromatic rings. The van der Waals surface area contributed by atoms with E-state index in [4.69, 9.17) is 0 Å². The van der Waals surface area contributed by atoms with Crippen molar-refractivity contribution < 1.29 is 4.79 Å². The second-order valence-corrected chi connectivity index (χ2v) is 8.20. The highest BCUT2D eigenvalue weighted by Crippen LogP contribution is 2.32. The zero-order valence-corrected chi connectivity index (χ0v) is 17.4. The predicted octanol–water partition coefficient (Wildman–Crippen LogP) is 3.22. The first-order valence-electron chi connectivity index (χ1n) is 9.75. The van der Waals surface area contributed by atoms with E-state index in [9.17, 15) is 4.79 Å². The van der Waals surface area contributed by atoms with Gasteiger partial charge in [-0.15, -0.1) is 11.3 Å². The minimum absolute atomic E-state index is 0.121. The molecule has 4 heterocycles. The zero-order chi connectivity index (χ0) is 19.7. The molecule has 0 aliphatic carbocycles. The molecule has 0 atom stereocenters. The van der Waals surface area contributed by atoms with Gasteiger partial charge in [0.1, 0.15) is 10.7 Å². The Hall–Kier alpha value is -2.38. The predicted molar refractivity (Wildman–Crippen MR) is 112 cm³/mol. The number of hydrogen-bond donors (Lipinski definition) is 0. The molecule has 1 aliphatic heterocycles. The van der Waals surface area contributed by atoms with Gasteiger partial charge in [-0.05, 0) is 31.5 Å². The highest BCUT2D eigenvalue weighted by atomic mass is 32.1. The normalized spacial score (nSPS) is 15.3. The summed E-state index contributed by atoms with van der Waals surface area (Å²) in [5.41, 5.74) is 3.05. The highest BCUT2D eigenvalue weighted by molar-refractivity contribution is 7.20. The van der Waals surface area contributed by atoms with Crippen molar-refractivity contribution in [2.75, 3.05) is 26.2 Å². The number of nitrogens with zero attached hydrogens (tertiary/aromatic N) is 5. The van der Waals surface area contributed by atoms with E-state index in [0.29, 0.717) is 0 Å². The summed E-state index contributed by atoms with van der Waals surface area (Å²) in [4.78, 5) is 32.9. The van der Waals surface area contributed by atoms with Gasteiger partial charge in [-0.25, -0.2) is 9.97 Å². The molecule has 1 aliphatic rings. The first-order valence-corrected chi connectivity index (χ1v) is 10.6. The molecule has 1 saturated heterocycles. The van der Waals surface area contributed by atoms with Gasteiger partial charge < -0.3 is 4.90 Å². The van der Waals surface area contributed by atoms with E-state index < -0.39 is 0 Å². The van der Waals surface area contributed by atoms with Crippen molar-refractivity contribution in [1.29, 1.82) is 0 Å². The molecule has 4 rings (SSSR count). The van der Waals surface area contributed by atoms with Crippen molar-refractivity contribution >= 4 is 27.5 Å². The summed E-state index contributed by atoms with van der Waals surface area (Å²) in [6, 6.07) is 6.00. The summed E-state index contributed by atoms with van der Waals surface area (Å²) < 4.78 is 0. The molecule has 1 amide bonds. The first kappa shape index (κ1) is 19.0. The van der Waals surface area contributed by atoms with Gasteiger partial charge in [0.05, 0.1) is 10.6 Å². The number of aromatic nitrogens is 3. The minimum atomic E-state index is 0.121. The maximum absolute atomic E-state index is 13.2. The van der Waals surface area contributed by atoms with Crippen molar-refractivity contribution in [3.63, 3.8) is 0 Å². The van der Waals surface area contributed by atoms with E-state index in [1.807, 2.05) is 43.1 Å². The quantitative estimate of drug-likeness (QED) is 0.679. The third kappa shape index (κ3) is 3.64. The summed E-state index contributed by atoms with van der Waals surface area (Å²) >= 11 is 1.51. The van der Waals surface area contributed by atoms with Crippen LogP contribution in [0.5, 0.6) is 0 Å². The average molecular weight is 396 g/mol. The van der Waals surface area contributed by atoms with Gasteiger partial charge in [-0.2, -0.15) is 0 Å². The number of carbonyl (C=O) groups excluding carboxylic acids is 1. The Labute approximate surface area is 169 Å². The smallest absolute Gasteiger partial charge is 0.264 e. The maximum Gasteiger partial charge on any atom is 0.264 e. The second-order valence-electron chi connectivity index (χ2n) is 7.20. The van der Waals surface area contributed by atoms with E-state index in [1.165, 1.54) is 11.3 Å². The molecule has 0 bridgehead atoms. The Morgan fingerprint density at radius 1 is 1.14 bits per heavy atom. The molecule has 7 heteroatoms. The minimum Gasteiger partial charge on any atom is -0.335 e. The van der Waals surface area contributed by atoms with Gasteiger partial charge in [0.15, 0.2) is 0 Å². The molecule has 3 aromatic heterocycles. The van der Waals surface area contributed by atoms with Crippen LogP contribution < -0.4 is 0 Å². The standard InChI is InChI=1S/C21H25N5OS/c1-4-17-23-15(3)18-14(2)19(28-20(18)24-17)21(27)26-11-9-25(10-12-26)13-16-7-5-6-8-22-16/h5-8H,4,9-13H2,1-3H3. The Morgan fingerprint density at radius 3 is 2.61 bits per heavy atom. The number of rotatable bonds is 4. The number of amides is 1. The Kier molecular flexibility index (Phi) is 5.37. The van der Waals surface area contributed by atoms with Gasteiger partial charge in [-0.3, -0.25) is 14.7 Å². The molecule has 0 unspecified atom stereocenters. The number of thiophene rings is 1. The van der Waals surface area contributed by atoms with Crippen LogP contribution >= 0.6 is 11.3 Å². The lowest BCUT2D eigenvalue weighted by atomic mass is 10.1. The fourth-order valence-corrected chi connectivity index (χ4v) is 4.95. The van der Waals surface area contributed by atoms with Gasteiger partial charge in [-0.1, -0.05) is 13.0 Å². The zero-order valence-electron chi connectivity index (χ0n) is 16.6. The highest BCUT2D eigenvalue weighted by Gasteiger charge is 2.26. The maximum atomic E-state index is 13.2. The van der Waals surface area contributed by atoms with Crippen LogP contribution in [-0.2, 0) is 13.0 Å². The first-order chi connectivity index (χ1) is 13.6. The van der Waals surface area contributed by atoms with Crippen LogP contribution in [0.25, 0.3) is 10.2 Å². The number of aryl methyl sites for hydroxylation is 3. The van der Waals surface area contributed by atoms with Gasteiger partial charge in [0.2, 0.25) is 0 Å². The van der Waals surface area contributed by atoms with Crippen LogP contribution in [0.4, 0.5) is 0 Å². The van der Waals surface area contributed by atoms with E-state index in [1.54, 1.807) is 0 Å². The number of hydrogen-bond acceptors (Lipinski definition) is 6. The lowest BCUT2D eigenvalue weighted by Crippen LogP contribution is -2.48. The van der Waals surface area contributed by atoms with Gasteiger partial charge in [0, 0.05) is 56.4 Å². The van der Waals surface area contributed by atoms with E-state index in [0.717, 1.165) is 77.0 Å². The molecule has 6 nitrogen and oxygen atoms in total.